The van der Waals surface area contributed by atoms with Crippen LogP contribution in [0.15, 0.2) is 53.9 Å². The molecular weight excluding hydrogens is 356 g/mol. The van der Waals surface area contributed by atoms with E-state index in [1.165, 1.54) is 4.88 Å². The first-order valence-corrected chi connectivity index (χ1v) is 10.1. The Hall–Kier alpha value is -2.73. The maximum Gasteiger partial charge on any atom is 0.251 e. The van der Waals surface area contributed by atoms with E-state index in [9.17, 15) is 4.79 Å². The van der Waals surface area contributed by atoms with Crippen molar-refractivity contribution in [3.8, 4) is 11.3 Å². The minimum Gasteiger partial charge on any atom is -0.369 e. The number of hydrogen-bond acceptors (Lipinski definition) is 5. The van der Waals surface area contributed by atoms with E-state index in [0.29, 0.717) is 5.56 Å². The zero-order valence-electron chi connectivity index (χ0n) is 15.6. The number of thiophene rings is 1. The second-order valence-corrected chi connectivity index (χ2v) is 7.22. The van der Waals surface area contributed by atoms with Crippen molar-refractivity contribution < 1.29 is 4.79 Å². The smallest absolute Gasteiger partial charge is 0.251 e. The van der Waals surface area contributed by atoms with Crippen molar-refractivity contribution in [3.05, 3.63) is 64.4 Å². The maximum atomic E-state index is 12.8. The number of carbonyl (C=O) groups excluding carboxylic acids is 1. The lowest BCUT2D eigenvalue weighted by molar-refractivity contribution is 0.0935. The van der Waals surface area contributed by atoms with Gasteiger partial charge in [-0.1, -0.05) is 31.5 Å². The number of amides is 1. The molecule has 6 heteroatoms. The summed E-state index contributed by atoms with van der Waals surface area (Å²) in [5.74, 6) is 0.675. The predicted octanol–water partition coefficient (Wildman–Crippen LogP) is 4.91. The number of nitrogens with zero attached hydrogens (tertiary/aromatic N) is 2. The number of hydrogen-bond donors (Lipinski definition) is 2. The molecule has 0 radical (unpaired) electrons. The lowest BCUT2D eigenvalue weighted by atomic mass is 10.1. The van der Waals surface area contributed by atoms with Gasteiger partial charge in [-0.25, -0.2) is 0 Å². The van der Waals surface area contributed by atoms with E-state index in [2.05, 4.69) is 33.8 Å². The quantitative estimate of drug-likeness (QED) is 0.583. The summed E-state index contributed by atoms with van der Waals surface area (Å²) in [5.41, 5.74) is 2.25. The minimum absolute atomic E-state index is 0.0466. The van der Waals surface area contributed by atoms with Gasteiger partial charge in [0.05, 0.1) is 11.7 Å². The predicted molar refractivity (Wildman–Crippen MR) is 111 cm³/mol. The largest absolute Gasteiger partial charge is 0.369 e. The van der Waals surface area contributed by atoms with E-state index in [4.69, 9.17) is 0 Å². The van der Waals surface area contributed by atoms with E-state index >= 15 is 0 Å². The molecular formula is C21H24N4OS. The van der Waals surface area contributed by atoms with Crippen molar-refractivity contribution in [3.63, 3.8) is 0 Å². The van der Waals surface area contributed by atoms with Crippen molar-refractivity contribution >= 4 is 23.1 Å². The van der Waals surface area contributed by atoms with Crippen LogP contribution in [0.25, 0.3) is 11.3 Å². The fourth-order valence-corrected chi connectivity index (χ4v) is 3.70. The topological polar surface area (TPSA) is 66.9 Å². The molecule has 3 aromatic rings. The Bertz CT molecular complexity index is 862. The summed E-state index contributed by atoms with van der Waals surface area (Å²) in [6.07, 6.45) is 1.93. The first-order valence-electron chi connectivity index (χ1n) is 9.23. The van der Waals surface area contributed by atoms with Crippen molar-refractivity contribution in [2.45, 2.75) is 32.7 Å². The molecule has 1 unspecified atom stereocenters. The Labute approximate surface area is 163 Å². The third-order valence-corrected chi connectivity index (χ3v) is 5.20. The summed E-state index contributed by atoms with van der Waals surface area (Å²) in [6, 6.07) is 15.5. The second-order valence-electron chi connectivity index (χ2n) is 6.25. The van der Waals surface area contributed by atoms with Crippen LogP contribution in [-0.4, -0.2) is 22.6 Å². The van der Waals surface area contributed by atoms with E-state index < -0.39 is 0 Å². The van der Waals surface area contributed by atoms with Crippen molar-refractivity contribution in [2.24, 2.45) is 0 Å². The van der Waals surface area contributed by atoms with Crippen LogP contribution in [0.2, 0.25) is 0 Å². The molecule has 5 nitrogen and oxygen atoms in total. The summed E-state index contributed by atoms with van der Waals surface area (Å²) in [4.78, 5) is 14.0. The van der Waals surface area contributed by atoms with Gasteiger partial charge in [-0.2, -0.15) is 0 Å². The monoisotopic (exact) mass is 380 g/mol. The summed E-state index contributed by atoms with van der Waals surface area (Å²) in [7, 11) is 0. The standard InChI is InChI=1S/C21H24N4OS/c1-3-7-18(19-10-6-13-27-19)23-21(26)16-9-5-8-15(14-16)17-11-12-20(22-4-2)25-24-17/h5-6,8-14,18H,3-4,7H2,1-2H3,(H,22,25)(H,23,26). The molecule has 0 saturated heterocycles. The Morgan fingerprint density at radius 3 is 2.67 bits per heavy atom. The molecule has 1 amide bonds. The minimum atomic E-state index is -0.0686. The molecule has 2 aromatic heterocycles. The Morgan fingerprint density at radius 1 is 1.11 bits per heavy atom. The molecule has 2 N–H and O–H groups in total. The van der Waals surface area contributed by atoms with Crippen LogP contribution in [-0.2, 0) is 0 Å². The molecule has 2 heterocycles. The maximum absolute atomic E-state index is 12.8. The zero-order valence-corrected chi connectivity index (χ0v) is 16.4. The Balaban J connectivity index is 1.76. The van der Waals surface area contributed by atoms with Crippen LogP contribution in [0.5, 0.6) is 0 Å². The number of benzene rings is 1. The second kappa shape index (κ2) is 9.28. The van der Waals surface area contributed by atoms with Gasteiger partial charge < -0.3 is 10.6 Å². The van der Waals surface area contributed by atoms with Gasteiger partial charge in [-0.05, 0) is 49.1 Å². The van der Waals surface area contributed by atoms with Gasteiger partial charge in [0.2, 0.25) is 0 Å². The molecule has 0 aliphatic carbocycles. The van der Waals surface area contributed by atoms with Crippen LogP contribution in [0.4, 0.5) is 5.82 Å². The van der Waals surface area contributed by atoms with Gasteiger partial charge in [-0.15, -0.1) is 21.5 Å². The third-order valence-electron chi connectivity index (χ3n) is 4.21. The summed E-state index contributed by atoms with van der Waals surface area (Å²) < 4.78 is 0. The normalized spacial score (nSPS) is 11.8. The highest BCUT2D eigenvalue weighted by atomic mass is 32.1. The average Bonchev–Trinajstić information content (AvgIpc) is 3.23. The molecule has 0 bridgehead atoms. The van der Waals surface area contributed by atoms with Crippen molar-refractivity contribution in [1.29, 1.82) is 0 Å². The van der Waals surface area contributed by atoms with Gasteiger partial charge in [0.1, 0.15) is 5.82 Å². The first kappa shape index (κ1) is 19.0. The number of nitrogens with one attached hydrogen (secondary N) is 2. The van der Waals surface area contributed by atoms with E-state index in [0.717, 1.165) is 36.5 Å². The number of carbonyl (C=O) groups is 1. The Morgan fingerprint density at radius 2 is 2.00 bits per heavy atom. The highest BCUT2D eigenvalue weighted by Crippen LogP contribution is 2.24. The Kier molecular flexibility index (Phi) is 6.54. The molecule has 1 atom stereocenters. The zero-order chi connectivity index (χ0) is 19.1. The van der Waals surface area contributed by atoms with Gasteiger partial charge in [0.25, 0.3) is 5.91 Å². The van der Waals surface area contributed by atoms with Gasteiger partial charge in [0, 0.05) is 22.5 Å². The molecule has 140 valence electrons. The molecule has 0 aliphatic heterocycles. The summed E-state index contributed by atoms with van der Waals surface area (Å²) in [5, 5.41) is 16.8. The molecule has 27 heavy (non-hydrogen) atoms. The molecule has 0 aliphatic rings. The van der Waals surface area contributed by atoms with Gasteiger partial charge in [-0.3, -0.25) is 4.79 Å². The summed E-state index contributed by atoms with van der Waals surface area (Å²) >= 11 is 1.67. The molecule has 0 saturated carbocycles. The number of aromatic nitrogens is 2. The van der Waals surface area contributed by atoms with Crippen LogP contribution in [0.1, 0.15) is 48.0 Å². The van der Waals surface area contributed by atoms with Crippen LogP contribution < -0.4 is 10.6 Å². The van der Waals surface area contributed by atoms with Crippen LogP contribution in [0.3, 0.4) is 0 Å². The molecule has 3 rings (SSSR count). The molecule has 1 aromatic carbocycles. The number of rotatable bonds is 8. The van der Waals surface area contributed by atoms with Gasteiger partial charge in [0.15, 0.2) is 0 Å². The highest BCUT2D eigenvalue weighted by molar-refractivity contribution is 7.10. The average molecular weight is 381 g/mol. The van der Waals surface area contributed by atoms with Crippen LogP contribution >= 0.6 is 11.3 Å². The lowest BCUT2D eigenvalue weighted by Gasteiger charge is -2.17. The first-order chi connectivity index (χ1) is 13.2. The van der Waals surface area contributed by atoms with Crippen molar-refractivity contribution in [2.75, 3.05) is 11.9 Å². The number of anilines is 1. The SMILES string of the molecule is CCCC(NC(=O)c1cccc(-c2ccc(NCC)nn2)c1)c1cccs1. The van der Waals surface area contributed by atoms with E-state index in [1.807, 2.05) is 54.8 Å². The van der Waals surface area contributed by atoms with Crippen molar-refractivity contribution in [1.82, 2.24) is 15.5 Å². The van der Waals surface area contributed by atoms with E-state index in [-0.39, 0.29) is 11.9 Å². The summed E-state index contributed by atoms with van der Waals surface area (Å²) in [6.45, 7) is 4.94. The molecule has 0 fully saturated rings. The third kappa shape index (κ3) is 4.92. The fourth-order valence-electron chi connectivity index (χ4n) is 2.89. The van der Waals surface area contributed by atoms with E-state index in [1.54, 1.807) is 11.3 Å². The highest BCUT2D eigenvalue weighted by Gasteiger charge is 2.16. The molecule has 0 spiro atoms. The van der Waals surface area contributed by atoms with Crippen LogP contribution in [0, 0.1) is 0 Å². The lowest BCUT2D eigenvalue weighted by Crippen LogP contribution is -2.28. The fraction of sp³-hybridized carbons (Fsp3) is 0.286. The van der Waals surface area contributed by atoms with Gasteiger partial charge >= 0.3 is 0 Å².